The van der Waals surface area contributed by atoms with Crippen LogP contribution in [0.5, 0.6) is 5.75 Å². The van der Waals surface area contributed by atoms with E-state index >= 15 is 0 Å². The number of carbonyl (C=O) groups excluding carboxylic acids is 1. The van der Waals surface area contributed by atoms with E-state index in [0.717, 1.165) is 10.7 Å². The van der Waals surface area contributed by atoms with Gasteiger partial charge in [0, 0.05) is 11.3 Å². The van der Waals surface area contributed by atoms with Crippen molar-refractivity contribution in [3.8, 4) is 5.75 Å². The first-order valence-electron chi connectivity index (χ1n) is 6.35. The fourth-order valence-corrected chi connectivity index (χ4v) is 2.44. The minimum atomic E-state index is -0.349. The number of aromatic nitrogens is 1. The van der Waals surface area contributed by atoms with Crippen LogP contribution in [0.25, 0.3) is 0 Å². The van der Waals surface area contributed by atoms with Crippen LogP contribution in [0.3, 0.4) is 0 Å². The Morgan fingerprint density at radius 1 is 1.30 bits per heavy atom. The van der Waals surface area contributed by atoms with E-state index in [-0.39, 0.29) is 5.97 Å². The summed E-state index contributed by atoms with van der Waals surface area (Å²) in [6.45, 7) is 4.67. The Labute approximate surface area is 122 Å². The highest BCUT2D eigenvalue weighted by Crippen LogP contribution is 2.20. The molecule has 0 atom stereocenters. The molecule has 4 nitrogen and oxygen atoms in total. The van der Waals surface area contributed by atoms with E-state index in [0.29, 0.717) is 23.8 Å². The lowest BCUT2D eigenvalue weighted by molar-refractivity contribution is 0.0600. The quantitative estimate of drug-likeness (QED) is 0.789. The number of carbonyl (C=O) groups is 1. The first-order valence-corrected chi connectivity index (χ1v) is 7.23. The highest BCUT2D eigenvalue weighted by Gasteiger charge is 2.07. The van der Waals surface area contributed by atoms with Crippen molar-refractivity contribution < 1.29 is 14.3 Å². The highest BCUT2D eigenvalue weighted by molar-refractivity contribution is 7.09. The summed E-state index contributed by atoms with van der Waals surface area (Å²) >= 11 is 1.65. The summed E-state index contributed by atoms with van der Waals surface area (Å²) in [5, 5.41) is 3.13. The number of hydrogen-bond acceptors (Lipinski definition) is 5. The SMILES string of the molecule is COC(=O)c1ccc(OCc2csc(C(C)C)n2)cc1. The lowest BCUT2D eigenvalue weighted by Crippen LogP contribution is -2.01. The molecule has 0 aliphatic heterocycles. The summed E-state index contributed by atoms with van der Waals surface area (Å²) in [5.41, 5.74) is 1.44. The zero-order valence-electron chi connectivity index (χ0n) is 11.8. The van der Waals surface area contributed by atoms with Gasteiger partial charge in [-0.2, -0.15) is 0 Å². The Morgan fingerprint density at radius 2 is 2.00 bits per heavy atom. The predicted octanol–water partition coefficient (Wildman–Crippen LogP) is 3.63. The van der Waals surface area contributed by atoms with Gasteiger partial charge in [0.2, 0.25) is 0 Å². The van der Waals surface area contributed by atoms with Crippen molar-refractivity contribution >= 4 is 17.3 Å². The molecule has 0 saturated carbocycles. The number of rotatable bonds is 5. The molecule has 0 unspecified atom stereocenters. The maximum absolute atomic E-state index is 11.3. The Balaban J connectivity index is 1.95. The second-order valence-corrected chi connectivity index (χ2v) is 5.53. The van der Waals surface area contributed by atoms with Gasteiger partial charge < -0.3 is 9.47 Å². The summed E-state index contributed by atoms with van der Waals surface area (Å²) < 4.78 is 10.3. The van der Waals surface area contributed by atoms with Gasteiger partial charge >= 0.3 is 5.97 Å². The third-order valence-electron chi connectivity index (χ3n) is 2.73. The normalized spacial score (nSPS) is 10.6. The van der Waals surface area contributed by atoms with E-state index in [1.165, 1.54) is 7.11 Å². The minimum absolute atomic E-state index is 0.349. The van der Waals surface area contributed by atoms with Crippen LogP contribution in [0.4, 0.5) is 0 Å². The zero-order valence-corrected chi connectivity index (χ0v) is 12.6. The molecule has 0 bridgehead atoms. The summed E-state index contributed by atoms with van der Waals surface area (Å²) in [4.78, 5) is 15.8. The van der Waals surface area contributed by atoms with Gasteiger partial charge in [-0.3, -0.25) is 0 Å². The zero-order chi connectivity index (χ0) is 14.5. The summed E-state index contributed by atoms with van der Waals surface area (Å²) in [7, 11) is 1.36. The molecular formula is C15H17NO3S. The molecule has 5 heteroatoms. The van der Waals surface area contributed by atoms with E-state index in [1.807, 2.05) is 5.38 Å². The number of ether oxygens (including phenoxy) is 2. The van der Waals surface area contributed by atoms with Crippen LogP contribution in [0.15, 0.2) is 29.6 Å². The highest BCUT2D eigenvalue weighted by atomic mass is 32.1. The molecule has 0 radical (unpaired) electrons. The van der Waals surface area contributed by atoms with Gasteiger partial charge in [0.15, 0.2) is 0 Å². The van der Waals surface area contributed by atoms with E-state index < -0.39 is 0 Å². The second kappa shape index (κ2) is 6.52. The van der Waals surface area contributed by atoms with E-state index in [1.54, 1.807) is 35.6 Å². The Morgan fingerprint density at radius 3 is 2.55 bits per heavy atom. The Bertz CT molecular complexity index is 575. The van der Waals surface area contributed by atoms with E-state index in [2.05, 4.69) is 23.6 Å². The maximum atomic E-state index is 11.3. The fourth-order valence-electron chi connectivity index (χ4n) is 1.62. The third-order valence-corrected chi connectivity index (χ3v) is 3.92. The van der Waals surface area contributed by atoms with Crippen molar-refractivity contribution in [1.82, 2.24) is 4.98 Å². The Kier molecular flexibility index (Phi) is 4.74. The molecule has 1 aromatic heterocycles. The maximum Gasteiger partial charge on any atom is 0.337 e. The van der Waals surface area contributed by atoms with Gasteiger partial charge in [0.05, 0.1) is 23.4 Å². The molecule has 0 amide bonds. The topological polar surface area (TPSA) is 48.4 Å². The van der Waals surface area contributed by atoms with Gasteiger partial charge in [0.25, 0.3) is 0 Å². The average Bonchev–Trinajstić information content (AvgIpc) is 2.94. The molecule has 0 aliphatic rings. The molecule has 1 aromatic carbocycles. The molecule has 0 saturated heterocycles. The fraction of sp³-hybridized carbons (Fsp3) is 0.333. The number of thiazole rings is 1. The van der Waals surface area contributed by atoms with Crippen LogP contribution in [0.2, 0.25) is 0 Å². The lowest BCUT2D eigenvalue weighted by Gasteiger charge is -2.05. The number of hydrogen-bond donors (Lipinski definition) is 0. The standard InChI is InChI=1S/C15H17NO3S/c1-10(2)14-16-12(9-20-14)8-19-13-6-4-11(5-7-13)15(17)18-3/h4-7,9-10H,8H2,1-3H3. The van der Waals surface area contributed by atoms with Crippen molar-refractivity contribution in [2.75, 3.05) is 7.11 Å². The molecule has 106 valence electrons. The Hall–Kier alpha value is -1.88. The van der Waals surface area contributed by atoms with Crippen molar-refractivity contribution in [3.63, 3.8) is 0 Å². The molecule has 0 N–H and O–H groups in total. The molecule has 0 spiro atoms. The summed E-state index contributed by atoms with van der Waals surface area (Å²) in [5.74, 6) is 0.794. The van der Waals surface area contributed by atoms with Crippen LogP contribution in [0, 0.1) is 0 Å². The van der Waals surface area contributed by atoms with Crippen LogP contribution in [-0.2, 0) is 11.3 Å². The van der Waals surface area contributed by atoms with Gasteiger partial charge in [-0.15, -0.1) is 11.3 Å². The van der Waals surface area contributed by atoms with Gasteiger partial charge in [0.1, 0.15) is 12.4 Å². The van der Waals surface area contributed by atoms with Crippen molar-refractivity contribution in [1.29, 1.82) is 0 Å². The van der Waals surface area contributed by atoms with Crippen LogP contribution < -0.4 is 4.74 Å². The number of esters is 1. The minimum Gasteiger partial charge on any atom is -0.487 e. The van der Waals surface area contributed by atoms with Gasteiger partial charge in [-0.1, -0.05) is 13.8 Å². The first kappa shape index (κ1) is 14.5. The molecule has 0 aliphatic carbocycles. The van der Waals surface area contributed by atoms with Crippen LogP contribution in [-0.4, -0.2) is 18.1 Å². The lowest BCUT2D eigenvalue weighted by atomic mass is 10.2. The van der Waals surface area contributed by atoms with Crippen molar-refractivity contribution in [2.45, 2.75) is 26.4 Å². The average molecular weight is 291 g/mol. The largest absolute Gasteiger partial charge is 0.487 e. The monoisotopic (exact) mass is 291 g/mol. The summed E-state index contributed by atoms with van der Waals surface area (Å²) in [6, 6.07) is 6.87. The van der Waals surface area contributed by atoms with Gasteiger partial charge in [-0.05, 0) is 24.3 Å². The van der Waals surface area contributed by atoms with E-state index in [4.69, 9.17) is 4.74 Å². The summed E-state index contributed by atoms with van der Waals surface area (Å²) in [6.07, 6.45) is 0. The third kappa shape index (κ3) is 3.57. The second-order valence-electron chi connectivity index (χ2n) is 4.64. The molecule has 0 fully saturated rings. The van der Waals surface area contributed by atoms with Gasteiger partial charge in [-0.25, -0.2) is 9.78 Å². The number of methoxy groups -OCH3 is 1. The molecular weight excluding hydrogens is 274 g/mol. The molecule has 2 rings (SSSR count). The first-order chi connectivity index (χ1) is 9.60. The van der Waals surface area contributed by atoms with Crippen molar-refractivity contribution in [3.05, 3.63) is 45.9 Å². The van der Waals surface area contributed by atoms with Crippen LogP contribution >= 0.6 is 11.3 Å². The smallest absolute Gasteiger partial charge is 0.337 e. The van der Waals surface area contributed by atoms with Crippen molar-refractivity contribution in [2.24, 2.45) is 0 Å². The number of nitrogens with zero attached hydrogens (tertiary/aromatic N) is 1. The molecule has 1 heterocycles. The van der Waals surface area contributed by atoms with E-state index in [9.17, 15) is 4.79 Å². The molecule has 20 heavy (non-hydrogen) atoms. The predicted molar refractivity (Wildman–Crippen MR) is 78.3 cm³/mol. The number of benzene rings is 1. The van der Waals surface area contributed by atoms with Crippen LogP contribution in [0.1, 0.15) is 40.8 Å². The molecule has 2 aromatic rings.